The number of nitro groups is 1. The molecule has 0 spiro atoms. The lowest BCUT2D eigenvalue weighted by Crippen LogP contribution is -2.35. The van der Waals surface area contributed by atoms with E-state index in [2.05, 4.69) is 10.2 Å². The molecule has 7 nitrogen and oxygen atoms in total. The van der Waals surface area contributed by atoms with Gasteiger partial charge in [-0.2, -0.15) is 5.10 Å². The van der Waals surface area contributed by atoms with Gasteiger partial charge in [0.05, 0.1) is 21.7 Å². The zero-order chi connectivity index (χ0) is 15.0. The van der Waals surface area contributed by atoms with Gasteiger partial charge >= 0.3 is 0 Å². The van der Waals surface area contributed by atoms with Crippen LogP contribution in [0.25, 0.3) is 0 Å². The molecular formula is C13H11ClN4O3. The minimum Gasteiger partial charge on any atom is -0.334 e. The summed E-state index contributed by atoms with van der Waals surface area (Å²) >= 11 is 6.00. The molecule has 1 aromatic carbocycles. The van der Waals surface area contributed by atoms with Crippen LogP contribution in [0.15, 0.2) is 24.4 Å². The summed E-state index contributed by atoms with van der Waals surface area (Å²) in [6.45, 7) is 1.01. The van der Waals surface area contributed by atoms with Crippen molar-refractivity contribution in [2.75, 3.05) is 6.54 Å². The van der Waals surface area contributed by atoms with E-state index in [0.717, 1.165) is 11.3 Å². The van der Waals surface area contributed by atoms with Crippen molar-refractivity contribution in [2.45, 2.75) is 13.0 Å². The summed E-state index contributed by atoms with van der Waals surface area (Å²) in [5, 5.41) is 17.6. The second kappa shape index (κ2) is 5.17. The maximum absolute atomic E-state index is 12.5. The number of amides is 1. The second-order valence-electron chi connectivity index (χ2n) is 4.77. The first-order chi connectivity index (χ1) is 10.1. The maximum Gasteiger partial charge on any atom is 0.270 e. The molecule has 1 N–H and O–H groups in total. The zero-order valence-electron chi connectivity index (χ0n) is 10.9. The molecule has 0 radical (unpaired) electrons. The highest BCUT2D eigenvalue weighted by Gasteiger charge is 2.25. The predicted octanol–water partition coefficient (Wildman–Crippen LogP) is 2.17. The number of rotatable bonds is 2. The molecule has 3 rings (SSSR count). The van der Waals surface area contributed by atoms with Gasteiger partial charge in [0.2, 0.25) is 0 Å². The van der Waals surface area contributed by atoms with E-state index in [9.17, 15) is 14.9 Å². The van der Waals surface area contributed by atoms with Crippen LogP contribution in [-0.2, 0) is 13.0 Å². The lowest BCUT2D eigenvalue weighted by molar-refractivity contribution is -0.384. The summed E-state index contributed by atoms with van der Waals surface area (Å²) < 4.78 is 0. The molecule has 2 aromatic rings. The van der Waals surface area contributed by atoms with Crippen LogP contribution in [-0.4, -0.2) is 32.5 Å². The Morgan fingerprint density at radius 1 is 1.48 bits per heavy atom. The van der Waals surface area contributed by atoms with E-state index in [0.29, 0.717) is 19.5 Å². The average Bonchev–Trinajstić information content (AvgIpc) is 2.93. The number of benzene rings is 1. The van der Waals surface area contributed by atoms with Crippen LogP contribution in [0.3, 0.4) is 0 Å². The van der Waals surface area contributed by atoms with Gasteiger partial charge < -0.3 is 4.90 Å². The number of hydrogen-bond acceptors (Lipinski definition) is 4. The van der Waals surface area contributed by atoms with Crippen molar-refractivity contribution < 1.29 is 9.72 Å². The molecule has 0 bridgehead atoms. The van der Waals surface area contributed by atoms with Gasteiger partial charge in [-0.3, -0.25) is 20.0 Å². The second-order valence-corrected chi connectivity index (χ2v) is 5.18. The smallest absolute Gasteiger partial charge is 0.270 e. The highest BCUT2D eigenvalue weighted by atomic mass is 35.5. The molecule has 108 valence electrons. The number of nitrogens with one attached hydrogen (secondary N) is 1. The Labute approximate surface area is 124 Å². The molecule has 1 amide bonds. The summed E-state index contributed by atoms with van der Waals surface area (Å²) in [7, 11) is 0. The van der Waals surface area contributed by atoms with E-state index in [1.54, 1.807) is 11.1 Å². The predicted molar refractivity (Wildman–Crippen MR) is 75.1 cm³/mol. The van der Waals surface area contributed by atoms with Gasteiger partial charge in [0, 0.05) is 42.9 Å². The van der Waals surface area contributed by atoms with Crippen LogP contribution >= 0.6 is 11.6 Å². The molecule has 0 fully saturated rings. The molecular weight excluding hydrogens is 296 g/mol. The maximum atomic E-state index is 12.5. The van der Waals surface area contributed by atoms with E-state index in [-0.39, 0.29) is 22.2 Å². The Morgan fingerprint density at radius 3 is 3.00 bits per heavy atom. The first-order valence-corrected chi connectivity index (χ1v) is 6.68. The van der Waals surface area contributed by atoms with Gasteiger partial charge in [0.25, 0.3) is 11.6 Å². The largest absolute Gasteiger partial charge is 0.334 e. The van der Waals surface area contributed by atoms with Crippen LogP contribution in [0.5, 0.6) is 0 Å². The van der Waals surface area contributed by atoms with Crippen LogP contribution in [0.4, 0.5) is 5.69 Å². The number of non-ortho nitro benzene ring substituents is 1. The van der Waals surface area contributed by atoms with Gasteiger partial charge in [0.15, 0.2) is 0 Å². The van der Waals surface area contributed by atoms with Crippen LogP contribution in [0, 0.1) is 10.1 Å². The Bertz CT molecular complexity index is 728. The Balaban J connectivity index is 1.85. The standard InChI is InChI=1S/C13H11ClN4O3/c14-11-5-9(18(20)21)1-2-10(11)13(19)17-4-3-12-8(7-17)6-15-16-12/h1-2,5-6H,3-4,7H2,(H,15,16). The van der Waals surface area contributed by atoms with E-state index >= 15 is 0 Å². The third kappa shape index (κ3) is 2.47. The van der Waals surface area contributed by atoms with Crippen molar-refractivity contribution in [1.29, 1.82) is 0 Å². The molecule has 8 heteroatoms. The fourth-order valence-electron chi connectivity index (χ4n) is 2.36. The third-order valence-electron chi connectivity index (χ3n) is 3.48. The Hall–Kier alpha value is -2.41. The third-order valence-corrected chi connectivity index (χ3v) is 3.79. The van der Waals surface area contributed by atoms with Crippen molar-refractivity contribution in [2.24, 2.45) is 0 Å². The van der Waals surface area contributed by atoms with Gasteiger partial charge in [0.1, 0.15) is 0 Å². The molecule has 0 saturated heterocycles. The van der Waals surface area contributed by atoms with Gasteiger partial charge in [-0.25, -0.2) is 0 Å². The fourth-order valence-corrected chi connectivity index (χ4v) is 2.61. The monoisotopic (exact) mass is 306 g/mol. The highest BCUT2D eigenvalue weighted by Crippen LogP contribution is 2.25. The number of nitro benzene ring substituents is 1. The van der Waals surface area contributed by atoms with E-state index in [1.807, 2.05) is 0 Å². The van der Waals surface area contributed by atoms with Crippen LogP contribution < -0.4 is 0 Å². The van der Waals surface area contributed by atoms with E-state index in [4.69, 9.17) is 11.6 Å². The highest BCUT2D eigenvalue weighted by molar-refractivity contribution is 6.34. The number of halogens is 1. The molecule has 0 aliphatic carbocycles. The average molecular weight is 307 g/mol. The Morgan fingerprint density at radius 2 is 2.29 bits per heavy atom. The number of carbonyl (C=O) groups excluding carboxylic acids is 1. The van der Waals surface area contributed by atoms with Gasteiger partial charge in [-0.05, 0) is 6.07 Å². The fraction of sp³-hybridized carbons (Fsp3) is 0.231. The topological polar surface area (TPSA) is 92.1 Å². The first-order valence-electron chi connectivity index (χ1n) is 6.30. The number of aromatic amines is 1. The molecule has 0 saturated carbocycles. The minimum atomic E-state index is -0.543. The molecule has 1 aliphatic rings. The van der Waals surface area contributed by atoms with Crippen molar-refractivity contribution >= 4 is 23.2 Å². The zero-order valence-corrected chi connectivity index (χ0v) is 11.6. The van der Waals surface area contributed by atoms with Crippen LogP contribution in [0.1, 0.15) is 21.6 Å². The lowest BCUT2D eigenvalue weighted by Gasteiger charge is -2.26. The van der Waals surface area contributed by atoms with Crippen molar-refractivity contribution in [3.8, 4) is 0 Å². The Kier molecular flexibility index (Phi) is 3.34. The summed E-state index contributed by atoms with van der Waals surface area (Å²) in [5.74, 6) is -0.234. The number of nitrogens with zero attached hydrogens (tertiary/aromatic N) is 3. The van der Waals surface area contributed by atoms with E-state index in [1.165, 1.54) is 18.2 Å². The van der Waals surface area contributed by atoms with Crippen LogP contribution in [0.2, 0.25) is 5.02 Å². The quantitative estimate of drug-likeness (QED) is 0.680. The summed E-state index contributed by atoms with van der Waals surface area (Å²) in [4.78, 5) is 24.3. The normalized spacial score (nSPS) is 13.9. The lowest BCUT2D eigenvalue weighted by atomic mass is 10.1. The molecule has 1 aliphatic heterocycles. The first kappa shape index (κ1) is 13.6. The molecule has 2 heterocycles. The molecule has 21 heavy (non-hydrogen) atoms. The van der Waals surface area contributed by atoms with Crippen molar-refractivity contribution in [1.82, 2.24) is 15.1 Å². The number of aromatic nitrogens is 2. The van der Waals surface area contributed by atoms with Crippen molar-refractivity contribution in [3.63, 3.8) is 0 Å². The summed E-state index contributed by atoms with van der Waals surface area (Å²) in [6, 6.07) is 3.88. The number of H-pyrrole nitrogens is 1. The van der Waals surface area contributed by atoms with Gasteiger partial charge in [-0.15, -0.1) is 0 Å². The number of carbonyl (C=O) groups is 1. The van der Waals surface area contributed by atoms with E-state index < -0.39 is 4.92 Å². The minimum absolute atomic E-state index is 0.0900. The van der Waals surface area contributed by atoms with Crippen molar-refractivity contribution in [3.05, 3.63) is 56.4 Å². The van der Waals surface area contributed by atoms with Gasteiger partial charge in [-0.1, -0.05) is 11.6 Å². The number of fused-ring (bicyclic) bond motifs is 1. The SMILES string of the molecule is O=C(c1ccc([N+](=O)[O-])cc1Cl)N1CCc2[nH]ncc2C1. The number of hydrogen-bond donors (Lipinski definition) is 1. The molecule has 0 unspecified atom stereocenters. The summed E-state index contributed by atoms with van der Waals surface area (Å²) in [6.07, 6.45) is 2.40. The molecule has 0 atom stereocenters. The summed E-state index contributed by atoms with van der Waals surface area (Å²) in [5.41, 5.74) is 2.16. The molecule has 1 aromatic heterocycles.